The second kappa shape index (κ2) is 24.2. The van der Waals surface area contributed by atoms with Gasteiger partial charge < -0.3 is 41.5 Å². The average Bonchev–Trinajstić information content (AvgIpc) is 3.14. The molecular formula is C34H47N7O13S2. The maximum absolute atomic E-state index is 11.9. The first kappa shape index (κ1) is 47.6. The van der Waals surface area contributed by atoms with E-state index in [-0.39, 0.29) is 55.6 Å². The van der Waals surface area contributed by atoms with Gasteiger partial charge in [-0.1, -0.05) is 0 Å². The van der Waals surface area contributed by atoms with Crippen LogP contribution in [0.25, 0.3) is 10.8 Å². The van der Waals surface area contributed by atoms with Crippen molar-refractivity contribution in [3.63, 3.8) is 0 Å². The van der Waals surface area contributed by atoms with Crippen LogP contribution in [0, 0.1) is 0 Å². The summed E-state index contributed by atoms with van der Waals surface area (Å²) in [5.74, 6) is -0.491. The van der Waals surface area contributed by atoms with Crippen molar-refractivity contribution in [2.24, 2.45) is 20.5 Å². The van der Waals surface area contributed by atoms with Crippen molar-refractivity contribution < 1.29 is 61.7 Å². The molecule has 0 aliphatic heterocycles. The van der Waals surface area contributed by atoms with Crippen LogP contribution in [0.15, 0.2) is 103 Å². The van der Waals surface area contributed by atoms with Crippen molar-refractivity contribution in [3.8, 4) is 5.75 Å². The van der Waals surface area contributed by atoms with Gasteiger partial charge in [-0.05, 0) is 78.2 Å². The Morgan fingerprint density at radius 1 is 0.518 bits per heavy atom. The Balaban J connectivity index is 0.000000445. The van der Waals surface area contributed by atoms with Crippen molar-refractivity contribution >= 4 is 59.4 Å². The van der Waals surface area contributed by atoms with Gasteiger partial charge in [0.15, 0.2) is 5.75 Å². The van der Waals surface area contributed by atoms with Gasteiger partial charge in [0, 0.05) is 50.3 Å². The van der Waals surface area contributed by atoms with Crippen LogP contribution in [0.3, 0.4) is 0 Å². The summed E-state index contributed by atoms with van der Waals surface area (Å²) in [6, 6.07) is 16.8. The van der Waals surface area contributed by atoms with E-state index in [0.717, 1.165) is 6.07 Å². The lowest BCUT2D eigenvalue weighted by Gasteiger charge is -2.17. The molecule has 0 bridgehead atoms. The van der Waals surface area contributed by atoms with Gasteiger partial charge in [0.05, 0.1) is 61.6 Å². The van der Waals surface area contributed by atoms with Gasteiger partial charge in [0.1, 0.15) is 10.6 Å². The highest BCUT2D eigenvalue weighted by atomic mass is 32.2. The molecule has 11 N–H and O–H groups in total. The lowest BCUT2D eigenvalue weighted by Crippen LogP contribution is -2.32. The third kappa shape index (κ3) is 16.3. The Bertz CT molecular complexity index is 2020. The minimum absolute atomic E-state index is 0.0694. The monoisotopic (exact) mass is 825 g/mol. The molecule has 22 heteroatoms. The first-order chi connectivity index (χ1) is 26.6. The van der Waals surface area contributed by atoms with E-state index in [2.05, 4.69) is 20.5 Å². The number of fused-ring (bicyclic) bond motifs is 1. The molecule has 0 spiro atoms. The van der Waals surface area contributed by atoms with Crippen LogP contribution in [0.5, 0.6) is 5.75 Å². The second-order valence-corrected chi connectivity index (χ2v) is 14.2. The van der Waals surface area contributed by atoms with E-state index in [1.807, 2.05) is 0 Å². The summed E-state index contributed by atoms with van der Waals surface area (Å²) < 4.78 is 64.6. The molecule has 0 atom stereocenters. The molecule has 308 valence electrons. The van der Waals surface area contributed by atoms with E-state index in [4.69, 9.17) is 40.9 Å². The Morgan fingerprint density at radius 3 is 1.25 bits per heavy atom. The van der Waals surface area contributed by atoms with Crippen LogP contribution < -0.4 is 5.73 Å². The summed E-state index contributed by atoms with van der Waals surface area (Å²) in [5, 5.41) is 77.8. The van der Waals surface area contributed by atoms with Crippen molar-refractivity contribution in [2.75, 3.05) is 84.6 Å². The van der Waals surface area contributed by atoms with Gasteiger partial charge in [-0.25, -0.2) is 0 Å². The highest BCUT2D eigenvalue weighted by molar-refractivity contribution is 7.86. The Kier molecular flexibility index (Phi) is 20.5. The van der Waals surface area contributed by atoms with E-state index >= 15 is 0 Å². The van der Waals surface area contributed by atoms with E-state index in [1.54, 1.807) is 9.80 Å². The number of nitrogens with two attached hydrogens (primary N) is 1. The number of aliphatic hydroxyl groups is 6. The molecule has 0 aliphatic rings. The lowest BCUT2D eigenvalue weighted by atomic mass is 10.1. The topological polar surface area (TPSA) is 332 Å². The molecule has 0 saturated heterocycles. The molecule has 0 unspecified atom stereocenters. The van der Waals surface area contributed by atoms with Crippen LogP contribution >= 0.6 is 0 Å². The largest absolute Gasteiger partial charge is 0.505 e. The number of aromatic hydroxyl groups is 1. The average molecular weight is 826 g/mol. The summed E-state index contributed by atoms with van der Waals surface area (Å²) in [6.07, 6.45) is 0. The molecule has 56 heavy (non-hydrogen) atoms. The van der Waals surface area contributed by atoms with Crippen LogP contribution in [0.1, 0.15) is 0 Å². The Labute approximate surface area is 323 Å². The van der Waals surface area contributed by atoms with Crippen molar-refractivity contribution in [3.05, 3.63) is 72.8 Å². The third-order valence-corrected chi connectivity index (χ3v) is 9.12. The molecule has 0 saturated carbocycles. The maximum Gasteiger partial charge on any atom is 0.296 e. The summed E-state index contributed by atoms with van der Waals surface area (Å²) in [5.41, 5.74) is 6.65. The highest BCUT2D eigenvalue weighted by Crippen LogP contribution is 2.41. The first-order valence-corrected chi connectivity index (χ1v) is 19.6. The highest BCUT2D eigenvalue weighted by Gasteiger charge is 2.22. The van der Waals surface area contributed by atoms with Crippen molar-refractivity contribution in [2.45, 2.75) is 9.79 Å². The van der Waals surface area contributed by atoms with Gasteiger partial charge >= 0.3 is 0 Å². The number of phenols is 1. The quantitative estimate of drug-likeness (QED) is 0.0389. The number of azo groups is 2. The summed E-state index contributed by atoms with van der Waals surface area (Å²) in [7, 11) is -9.05. The molecular weight excluding hydrogens is 779 g/mol. The lowest BCUT2D eigenvalue weighted by molar-refractivity contribution is 0.136. The fraction of sp³-hybridized carbons (Fsp3) is 0.353. The van der Waals surface area contributed by atoms with Crippen molar-refractivity contribution in [1.82, 2.24) is 9.80 Å². The molecule has 0 fully saturated rings. The van der Waals surface area contributed by atoms with Crippen LogP contribution in [-0.2, 0) is 20.2 Å². The normalized spacial score (nSPS) is 12.0. The third-order valence-electron chi connectivity index (χ3n) is 7.38. The minimum Gasteiger partial charge on any atom is -0.505 e. The Hall–Kier alpha value is -4.56. The molecule has 0 radical (unpaired) electrons. The number of anilines is 1. The number of hydrogen-bond donors (Lipinski definition) is 10. The van der Waals surface area contributed by atoms with Crippen LogP contribution in [-0.4, -0.2) is 150 Å². The summed E-state index contributed by atoms with van der Waals surface area (Å²) in [4.78, 5) is 2.68. The maximum atomic E-state index is 11.9. The fourth-order valence-electron chi connectivity index (χ4n) is 4.68. The molecule has 0 heterocycles. The predicted molar refractivity (Wildman–Crippen MR) is 206 cm³/mol. The zero-order chi connectivity index (χ0) is 41.7. The fourth-order valence-corrected chi connectivity index (χ4v) is 5.81. The van der Waals surface area contributed by atoms with Crippen molar-refractivity contribution in [1.29, 1.82) is 0 Å². The summed E-state index contributed by atoms with van der Waals surface area (Å²) >= 11 is 0. The number of nitrogens with zero attached hydrogens (tertiary/aromatic N) is 6. The number of phenolic OH excluding ortho intramolecular Hbond substituents is 1. The van der Waals surface area contributed by atoms with Gasteiger partial charge in [0.2, 0.25) is 0 Å². The predicted octanol–water partition coefficient (Wildman–Crippen LogP) is 1.98. The second-order valence-electron chi connectivity index (χ2n) is 11.4. The molecule has 0 amide bonds. The molecule has 4 rings (SSSR count). The van der Waals surface area contributed by atoms with E-state index in [0.29, 0.717) is 61.7 Å². The number of rotatable bonds is 18. The van der Waals surface area contributed by atoms with E-state index in [1.165, 1.54) is 66.7 Å². The van der Waals surface area contributed by atoms with Crippen LogP contribution in [0.4, 0.5) is 28.4 Å². The zero-order valence-electron chi connectivity index (χ0n) is 30.1. The number of aliphatic hydroxyl groups excluding tert-OH is 6. The van der Waals surface area contributed by atoms with Crippen LogP contribution in [0.2, 0.25) is 0 Å². The minimum atomic E-state index is -4.75. The standard InChI is InChI=1S/C22H17N5O7S2.2C6H15NO3/c23-14-1-10-19-13(11-14)12-20(36(32,33)34)21(22(19)28)27-26-16-4-2-15(3-5-16)24-25-17-6-8-18(9-7-17)35(29,30)31;2*8-4-1-7(2-5-9)3-6-10/h1-12,28H,23H2,(H,29,30,31)(H,32,33,34);2*8-10H,1-6H2. The smallest absolute Gasteiger partial charge is 0.296 e. The molecule has 20 nitrogen and oxygen atoms in total. The van der Waals surface area contributed by atoms with Gasteiger partial charge in [-0.3, -0.25) is 18.9 Å². The number of hydrogen-bond acceptors (Lipinski definition) is 18. The first-order valence-electron chi connectivity index (χ1n) is 16.7. The van der Waals surface area contributed by atoms with Gasteiger partial charge in [-0.2, -0.15) is 32.2 Å². The molecule has 4 aromatic rings. The Morgan fingerprint density at radius 2 is 0.893 bits per heavy atom. The van der Waals surface area contributed by atoms with E-state index in [9.17, 15) is 26.5 Å². The molecule has 4 aromatic carbocycles. The van der Waals surface area contributed by atoms with E-state index < -0.39 is 36.6 Å². The number of nitrogen functional groups attached to an aromatic ring is 1. The molecule has 0 aromatic heterocycles. The van der Waals surface area contributed by atoms with Gasteiger partial charge in [-0.15, -0.1) is 5.11 Å². The zero-order valence-corrected chi connectivity index (χ0v) is 31.8. The SMILES string of the molecule is Nc1ccc2c(O)c(N=Nc3ccc(N=Nc4ccc(S(=O)(=O)O)cc4)cc3)c(S(=O)(=O)O)cc2c1.OCCN(CCO)CCO.OCCN(CCO)CCO. The molecule has 0 aliphatic carbocycles. The van der Waals surface area contributed by atoms with Gasteiger partial charge in [0.25, 0.3) is 20.2 Å². The number of benzene rings is 4. The summed E-state index contributed by atoms with van der Waals surface area (Å²) in [6.45, 7) is 3.51.